The first kappa shape index (κ1) is 18.4. The highest BCUT2D eigenvalue weighted by Gasteiger charge is 2.18. The third-order valence-electron chi connectivity index (χ3n) is 2.76. The number of amides is 1. The fourth-order valence-electron chi connectivity index (χ4n) is 1.64. The number of carbonyl (C=O) groups is 2. The van der Waals surface area contributed by atoms with E-state index in [4.69, 9.17) is 51.1 Å². The van der Waals surface area contributed by atoms with E-state index in [-0.39, 0.29) is 25.8 Å². The minimum Gasteiger partial charge on any atom is -0.451 e. The molecule has 0 radical (unpaired) electrons. The average Bonchev–Trinajstić information content (AvgIpc) is 2.93. The van der Waals surface area contributed by atoms with Crippen LogP contribution in [0, 0.1) is 6.92 Å². The van der Waals surface area contributed by atoms with E-state index in [2.05, 4.69) is 5.32 Å². The van der Waals surface area contributed by atoms with Crippen LogP contribution in [0.1, 0.15) is 15.2 Å². The Bertz CT molecular complexity index is 749. The molecule has 2 rings (SSSR count). The highest BCUT2D eigenvalue weighted by Crippen LogP contribution is 2.40. The van der Waals surface area contributed by atoms with Crippen LogP contribution >= 0.6 is 57.7 Å². The van der Waals surface area contributed by atoms with Crippen LogP contribution in [-0.2, 0) is 9.53 Å². The van der Waals surface area contributed by atoms with Crippen LogP contribution in [0.3, 0.4) is 0 Å². The molecular weight excluding hydrogens is 404 g/mol. The molecule has 4 nitrogen and oxygen atoms in total. The van der Waals surface area contributed by atoms with Crippen molar-refractivity contribution in [3.8, 4) is 0 Å². The number of thiophene rings is 1. The number of nitrogens with one attached hydrogen (secondary N) is 1. The molecule has 1 amide bonds. The van der Waals surface area contributed by atoms with E-state index in [1.165, 1.54) is 17.4 Å². The lowest BCUT2D eigenvalue weighted by molar-refractivity contribution is -0.119. The molecule has 0 aliphatic carbocycles. The van der Waals surface area contributed by atoms with E-state index in [0.29, 0.717) is 4.88 Å². The fraction of sp³-hybridized carbons (Fsp3) is 0.143. The topological polar surface area (TPSA) is 55.4 Å². The first-order valence-electron chi connectivity index (χ1n) is 6.15. The second kappa shape index (κ2) is 7.73. The van der Waals surface area contributed by atoms with Crippen molar-refractivity contribution in [1.29, 1.82) is 0 Å². The first-order valence-corrected chi connectivity index (χ1v) is 8.54. The van der Waals surface area contributed by atoms with Gasteiger partial charge < -0.3 is 10.1 Å². The van der Waals surface area contributed by atoms with Gasteiger partial charge in [-0.15, -0.1) is 11.3 Å². The van der Waals surface area contributed by atoms with Crippen molar-refractivity contribution < 1.29 is 14.3 Å². The summed E-state index contributed by atoms with van der Waals surface area (Å²) in [6.45, 7) is 1.29. The lowest BCUT2D eigenvalue weighted by Gasteiger charge is -2.12. The zero-order valence-electron chi connectivity index (χ0n) is 11.6. The second-order valence-corrected chi connectivity index (χ2v) is 6.89. The molecule has 0 aliphatic heterocycles. The minimum absolute atomic E-state index is 0.0508. The maximum Gasteiger partial charge on any atom is 0.349 e. The number of anilines is 1. The molecule has 0 spiro atoms. The largest absolute Gasteiger partial charge is 0.451 e. The monoisotopic (exact) mass is 411 g/mol. The predicted molar refractivity (Wildman–Crippen MR) is 94.5 cm³/mol. The third kappa shape index (κ3) is 4.31. The van der Waals surface area contributed by atoms with Crippen LogP contribution in [0.4, 0.5) is 5.69 Å². The number of rotatable bonds is 4. The zero-order valence-corrected chi connectivity index (χ0v) is 15.4. The van der Waals surface area contributed by atoms with Crippen LogP contribution in [0.2, 0.25) is 20.1 Å². The van der Waals surface area contributed by atoms with Gasteiger partial charge in [-0.05, 0) is 30.0 Å². The van der Waals surface area contributed by atoms with E-state index < -0.39 is 18.5 Å². The molecule has 122 valence electrons. The van der Waals surface area contributed by atoms with E-state index in [9.17, 15) is 9.59 Å². The highest BCUT2D eigenvalue weighted by molar-refractivity contribution is 7.12. The molecule has 2 aromatic rings. The lowest BCUT2D eigenvalue weighted by atomic mass is 10.3. The van der Waals surface area contributed by atoms with Gasteiger partial charge in [0, 0.05) is 0 Å². The van der Waals surface area contributed by atoms with E-state index in [1.54, 1.807) is 18.4 Å². The number of benzene rings is 1. The lowest BCUT2D eigenvalue weighted by Crippen LogP contribution is -2.21. The van der Waals surface area contributed by atoms with E-state index in [1.807, 2.05) is 0 Å². The number of hydrogen-bond donors (Lipinski definition) is 1. The molecule has 0 saturated carbocycles. The van der Waals surface area contributed by atoms with Gasteiger partial charge in [-0.25, -0.2) is 4.79 Å². The Labute approximate surface area is 156 Å². The molecule has 1 aromatic carbocycles. The van der Waals surface area contributed by atoms with Gasteiger partial charge in [-0.1, -0.05) is 46.4 Å². The SMILES string of the molecule is Cc1ccsc1C(=O)OCC(=O)Nc1c(Cl)c(Cl)cc(Cl)c1Cl. The summed E-state index contributed by atoms with van der Waals surface area (Å²) < 4.78 is 4.95. The van der Waals surface area contributed by atoms with Crippen LogP contribution in [0.15, 0.2) is 17.5 Å². The summed E-state index contributed by atoms with van der Waals surface area (Å²) in [5, 5.41) is 4.58. The molecule has 0 aliphatic rings. The van der Waals surface area contributed by atoms with Gasteiger partial charge in [0.25, 0.3) is 5.91 Å². The summed E-state index contributed by atoms with van der Waals surface area (Å²) in [5.41, 5.74) is 0.854. The Morgan fingerprint density at radius 2 is 1.78 bits per heavy atom. The zero-order chi connectivity index (χ0) is 17.1. The molecule has 0 unspecified atom stereocenters. The van der Waals surface area contributed by atoms with Crippen LogP contribution in [-0.4, -0.2) is 18.5 Å². The smallest absolute Gasteiger partial charge is 0.349 e. The first-order chi connectivity index (χ1) is 10.8. The second-order valence-electron chi connectivity index (χ2n) is 4.40. The van der Waals surface area contributed by atoms with Gasteiger partial charge in [0.1, 0.15) is 4.88 Å². The maximum atomic E-state index is 11.9. The van der Waals surface area contributed by atoms with Crippen molar-refractivity contribution in [1.82, 2.24) is 0 Å². The highest BCUT2D eigenvalue weighted by atomic mass is 35.5. The summed E-state index contributed by atoms with van der Waals surface area (Å²) in [7, 11) is 0. The molecule has 0 fully saturated rings. The van der Waals surface area contributed by atoms with Crippen LogP contribution in [0.25, 0.3) is 0 Å². The standard InChI is InChI=1S/C14H9Cl4NO3S/c1-6-2-3-23-13(6)14(21)22-5-9(20)19-12-10(17)7(15)4-8(16)11(12)18/h2-4H,5H2,1H3,(H,19,20). The summed E-state index contributed by atoms with van der Waals surface area (Å²) >= 11 is 25.0. The molecule has 0 saturated heterocycles. The molecule has 0 atom stereocenters. The van der Waals surface area contributed by atoms with Gasteiger partial charge >= 0.3 is 5.97 Å². The van der Waals surface area contributed by atoms with Gasteiger partial charge in [0.15, 0.2) is 6.61 Å². The van der Waals surface area contributed by atoms with Gasteiger partial charge in [0.2, 0.25) is 0 Å². The van der Waals surface area contributed by atoms with Gasteiger partial charge in [0.05, 0.1) is 25.8 Å². The Balaban J connectivity index is 2.04. The van der Waals surface area contributed by atoms with Crippen molar-refractivity contribution in [2.75, 3.05) is 11.9 Å². The molecule has 0 bridgehead atoms. The number of carbonyl (C=O) groups excluding carboxylic acids is 2. The minimum atomic E-state index is -0.616. The predicted octanol–water partition coefficient (Wildman–Crippen LogP) is 5.47. The number of halogens is 4. The van der Waals surface area contributed by atoms with Crippen LogP contribution < -0.4 is 5.32 Å². The number of hydrogen-bond acceptors (Lipinski definition) is 4. The summed E-state index contributed by atoms with van der Waals surface area (Å²) in [6, 6.07) is 3.15. The summed E-state index contributed by atoms with van der Waals surface area (Å²) in [5.74, 6) is -1.19. The van der Waals surface area contributed by atoms with E-state index >= 15 is 0 Å². The Kier molecular flexibility index (Phi) is 6.17. The Morgan fingerprint density at radius 3 is 2.30 bits per heavy atom. The molecular formula is C14H9Cl4NO3S. The molecule has 1 N–H and O–H groups in total. The number of ether oxygens (including phenoxy) is 1. The maximum absolute atomic E-state index is 11.9. The summed E-state index contributed by atoms with van der Waals surface area (Å²) in [6.07, 6.45) is 0. The van der Waals surface area contributed by atoms with Crippen molar-refractivity contribution in [2.45, 2.75) is 6.92 Å². The normalized spacial score (nSPS) is 10.5. The molecule has 9 heteroatoms. The molecule has 23 heavy (non-hydrogen) atoms. The van der Waals surface area contributed by atoms with Crippen molar-refractivity contribution in [2.24, 2.45) is 0 Å². The van der Waals surface area contributed by atoms with Crippen LogP contribution in [0.5, 0.6) is 0 Å². The third-order valence-corrected chi connectivity index (χ3v) is 5.33. The number of esters is 1. The summed E-state index contributed by atoms with van der Waals surface area (Å²) in [4.78, 5) is 24.2. The molecule has 1 aromatic heterocycles. The van der Waals surface area contributed by atoms with Crippen molar-refractivity contribution in [3.05, 3.63) is 48.0 Å². The Morgan fingerprint density at radius 1 is 1.17 bits per heavy atom. The Hall–Kier alpha value is -0.980. The fourth-order valence-corrected chi connectivity index (χ4v) is 3.36. The average molecular weight is 413 g/mol. The van der Waals surface area contributed by atoms with Gasteiger partial charge in [-0.2, -0.15) is 0 Å². The molecule has 1 heterocycles. The van der Waals surface area contributed by atoms with E-state index in [0.717, 1.165) is 5.56 Å². The van der Waals surface area contributed by atoms with Crippen molar-refractivity contribution in [3.63, 3.8) is 0 Å². The quantitative estimate of drug-likeness (QED) is 0.535. The number of aryl methyl sites for hydroxylation is 1. The van der Waals surface area contributed by atoms with Gasteiger partial charge in [-0.3, -0.25) is 4.79 Å². The van der Waals surface area contributed by atoms with Crippen molar-refractivity contribution >= 4 is 75.3 Å².